The van der Waals surface area contributed by atoms with Crippen LogP contribution in [-0.4, -0.2) is 6.21 Å². The molecular formula is C11H15N3S. The van der Waals surface area contributed by atoms with E-state index in [1.165, 1.54) is 6.21 Å². The number of hydrogen-bond donors (Lipinski definition) is 4. The molecule has 1 aromatic rings. The topological polar surface area (TPSA) is 75.9 Å². The molecule has 1 atom stereocenters. The van der Waals surface area contributed by atoms with Gasteiger partial charge in [0.05, 0.1) is 0 Å². The van der Waals surface area contributed by atoms with Crippen LogP contribution in [0.25, 0.3) is 0 Å². The SMILES string of the molecule is CC(/C(N)=C/C=N)c1ccc(N)c(S)c1. The summed E-state index contributed by atoms with van der Waals surface area (Å²) in [5.74, 6) is 0.0677. The van der Waals surface area contributed by atoms with Crippen molar-refractivity contribution in [3.63, 3.8) is 0 Å². The van der Waals surface area contributed by atoms with Gasteiger partial charge in [-0.15, -0.1) is 12.6 Å². The predicted octanol–water partition coefficient (Wildman–Crippen LogP) is 2.15. The van der Waals surface area contributed by atoms with Gasteiger partial charge in [0.15, 0.2) is 0 Å². The van der Waals surface area contributed by atoms with Crippen LogP contribution in [0, 0.1) is 5.41 Å². The second kappa shape index (κ2) is 4.89. The van der Waals surface area contributed by atoms with E-state index in [9.17, 15) is 0 Å². The monoisotopic (exact) mass is 221 g/mol. The standard InChI is InChI=1S/C11H15N3S/c1-7(9(13)4-5-12)8-2-3-10(14)11(15)6-8/h2-7,12,15H,13-14H2,1H3/b9-4-,12-5?. The van der Waals surface area contributed by atoms with Gasteiger partial charge in [0.2, 0.25) is 0 Å². The molecule has 3 nitrogen and oxygen atoms in total. The van der Waals surface area contributed by atoms with E-state index in [4.69, 9.17) is 16.9 Å². The van der Waals surface area contributed by atoms with E-state index in [0.717, 1.165) is 10.5 Å². The maximum Gasteiger partial charge on any atom is 0.0449 e. The third-order valence-electron chi connectivity index (χ3n) is 2.33. The molecule has 0 heterocycles. The Morgan fingerprint density at radius 3 is 2.73 bits per heavy atom. The molecule has 0 radical (unpaired) electrons. The van der Waals surface area contributed by atoms with E-state index in [1.807, 2.05) is 25.1 Å². The Balaban J connectivity index is 3.01. The molecule has 0 amide bonds. The third-order valence-corrected chi connectivity index (χ3v) is 2.72. The first kappa shape index (κ1) is 11.7. The normalized spacial score (nSPS) is 13.6. The van der Waals surface area contributed by atoms with E-state index in [1.54, 1.807) is 6.08 Å². The fourth-order valence-electron chi connectivity index (χ4n) is 1.26. The highest BCUT2D eigenvalue weighted by Gasteiger charge is 2.08. The lowest BCUT2D eigenvalue weighted by Gasteiger charge is -2.13. The van der Waals surface area contributed by atoms with Crippen LogP contribution in [0.5, 0.6) is 0 Å². The van der Waals surface area contributed by atoms with Crippen molar-refractivity contribution in [2.24, 2.45) is 5.73 Å². The zero-order valence-electron chi connectivity index (χ0n) is 8.57. The average molecular weight is 221 g/mol. The molecule has 0 aliphatic heterocycles. The van der Waals surface area contributed by atoms with Crippen molar-refractivity contribution in [2.75, 3.05) is 5.73 Å². The number of nitrogens with two attached hydrogens (primary N) is 2. The minimum absolute atomic E-state index is 0.0677. The predicted molar refractivity (Wildman–Crippen MR) is 67.6 cm³/mol. The Morgan fingerprint density at radius 2 is 2.20 bits per heavy atom. The van der Waals surface area contributed by atoms with Gasteiger partial charge in [0.25, 0.3) is 0 Å². The zero-order valence-corrected chi connectivity index (χ0v) is 9.46. The van der Waals surface area contributed by atoms with E-state index in [2.05, 4.69) is 12.6 Å². The van der Waals surface area contributed by atoms with Gasteiger partial charge in [0, 0.05) is 28.4 Å². The molecule has 1 unspecified atom stereocenters. The maximum absolute atomic E-state index is 6.95. The second-order valence-electron chi connectivity index (χ2n) is 3.37. The van der Waals surface area contributed by atoms with Gasteiger partial charge in [-0.05, 0) is 23.8 Å². The molecular weight excluding hydrogens is 206 g/mol. The van der Waals surface area contributed by atoms with Crippen LogP contribution in [0.4, 0.5) is 5.69 Å². The molecule has 0 spiro atoms. The zero-order chi connectivity index (χ0) is 11.4. The molecule has 0 bridgehead atoms. The molecule has 0 aliphatic rings. The van der Waals surface area contributed by atoms with Crippen LogP contribution < -0.4 is 11.5 Å². The van der Waals surface area contributed by atoms with Gasteiger partial charge >= 0.3 is 0 Å². The lowest BCUT2D eigenvalue weighted by atomic mass is 9.97. The Morgan fingerprint density at radius 1 is 1.53 bits per heavy atom. The van der Waals surface area contributed by atoms with E-state index in [-0.39, 0.29) is 5.92 Å². The number of nitrogen functional groups attached to an aromatic ring is 1. The Labute approximate surface area is 95.1 Å². The van der Waals surface area contributed by atoms with Gasteiger partial charge in [0.1, 0.15) is 0 Å². The van der Waals surface area contributed by atoms with Crippen LogP contribution in [-0.2, 0) is 0 Å². The maximum atomic E-state index is 6.95. The highest BCUT2D eigenvalue weighted by molar-refractivity contribution is 7.80. The number of benzene rings is 1. The van der Waals surface area contributed by atoms with E-state index in [0.29, 0.717) is 11.4 Å². The minimum atomic E-state index is 0.0677. The number of hydrogen-bond acceptors (Lipinski definition) is 4. The first-order valence-electron chi connectivity index (χ1n) is 4.60. The summed E-state index contributed by atoms with van der Waals surface area (Å²) in [4.78, 5) is 0.752. The first-order chi connectivity index (χ1) is 7.06. The van der Waals surface area contributed by atoms with Gasteiger partial charge in [-0.1, -0.05) is 13.0 Å². The summed E-state index contributed by atoms with van der Waals surface area (Å²) in [5.41, 5.74) is 13.8. The first-order valence-corrected chi connectivity index (χ1v) is 5.05. The van der Waals surface area contributed by atoms with Crippen molar-refractivity contribution >= 4 is 24.5 Å². The average Bonchev–Trinajstić information content (AvgIpc) is 2.21. The molecule has 0 saturated carbocycles. The van der Waals surface area contributed by atoms with Crippen LogP contribution >= 0.6 is 12.6 Å². The summed E-state index contributed by atoms with van der Waals surface area (Å²) < 4.78 is 0. The van der Waals surface area contributed by atoms with Gasteiger partial charge < -0.3 is 16.9 Å². The summed E-state index contributed by atoms with van der Waals surface area (Å²) in [6.07, 6.45) is 2.77. The lowest BCUT2D eigenvalue weighted by Crippen LogP contribution is -2.07. The van der Waals surface area contributed by atoms with Gasteiger partial charge in [-0.25, -0.2) is 0 Å². The van der Waals surface area contributed by atoms with Crippen molar-refractivity contribution in [2.45, 2.75) is 17.7 Å². The summed E-state index contributed by atoms with van der Waals surface area (Å²) in [6.45, 7) is 1.98. The highest BCUT2D eigenvalue weighted by atomic mass is 32.1. The molecule has 0 saturated heterocycles. The van der Waals surface area contributed by atoms with Crippen LogP contribution in [0.15, 0.2) is 34.9 Å². The molecule has 0 aromatic heterocycles. The van der Waals surface area contributed by atoms with Crippen molar-refractivity contribution in [3.05, 3.63) is 35.5 Å². The third kappa shape index (κ3) is 2.76. The van der Waals surface area contributed by atoms with Crippen LogP contribution in [0.2, 0.25) is 0 Å². The Bertz CT molecular complexity index is 399. The summed E-state index contributed by atoms with van der Waals surface area (Å²) >= 11 is 4.25. The molecule has 1 aromatic carbocycles. The van der Waals surface area contributed by atoms with Crippen molar-refractivity contribution in [1.82, 2.24) is 0 Å². The number of rotatable bonds is 3. The van der Waals surface area contributed by atoms with Crippen LogP contribution in [0.1, 0.15) is 18.4 Å². The Kier molecular flexibility index (Phi) is 3.80. The van der Waals surface area contributed by atoms with E-state index >= 15 is 0 Å². The summed E-state index contributed by atoms with van der Waals surface area (Å²) in [5, 5.41) is 6.95. The molecule has 1 rings (SSSR count). The van der Waals surface area contributed by atoms with Gasteiger partial charge in [-0.3, -0.25) is 0 Å². The molecule has 0 fully saturated rings. The molecule has 5 N–H and O–H groups in total. The Hall–Kier alpha value is -1.42. The van der Waals surface area contributed by atoms with Crippen molar-refractivity contribution in [3.8, 4) is 0 Å². The quantitative estimate of drug-likeness (QED) is 0.358. The van der Waals surface area contributed by atoms with Crippen molar-refractivity contribution in [1.29, 1.82) is 5.41 Å². The lowest BCUT2D eigenvalue weighted by molar-refractivity contribution is 0.876. The number of nitrogens with one attached hydrogen (secondary N) is 1. The molecule has 0 aliphatic carbocycles. The smallest absolute Gasteiger partial charge is 0.0449 e. The fraction of sp³-hybridized carbons (Fsp3) is 0.182. The largest absolute Gasteiger partial charge is 0.402 e. The summed E-state index contributed by atoms with van der Waals surface area (Å²) in [6, 6.07) is 5.63. The molecule has 15 heavy (non-hydrogen) atoms. The van der Waals surface area contributed by atoms with Crippen LogP contribution in [0.3, 0.4) is 0 Å². The second-order valence-corrected chi connectivity index (χ2v) is 3.86. The van der Waals surface area contributed by atoms with E-state index < -0.39 is 0 Å². The summed E-state index contributed by atoms with van der Waals surface area (Å²) in [7, 11) is 0. The number of thiol groups is 1. The number of allylic oxidation sites excluding steroid dienone is 2. The minimum Gasteiger partial charge on any atom is -0.402 e. The number of anilines is 1. The molecule has 80 valence electrons. The highest BCUT2D eigenvalue weighted by Crippen LogP contribution is 2.25. The van der Waals surface area contributed by atoms with Crippen molar-refractivity contribution < 1.29 is 0 Å². The molecule has 4 heteroatoms. The van der Waals surface area contributed by atoms with Gasteiger partial charge in [-0.2, -0.15) is 0 Å². The fourth-order valence-corrected chi connectivity index (χ4v) is 1.49.